The van der Waals surface area contributed by atoms with Crippen LogP contribution < -0.4 is 10.5 Å². The predicted octanol–water partition coefficient (Wildman–Crippen LogP) is 7.86. The van der Waals surface area contributed by atoms with Gasteiger partial charge in [0, 0.05) is 52.2 Å². The fourth-order valence-electron chi connectivity index (χ4n) is 5.70. The normalized spacial score (nSPS) is 15.3. The molecule has 41 heavy (non-hydrogen) atoms. The molecule has 0 bridgehead atoms. The van der Waals surface area contributed by atoms with E-state index in [2.05, 4.69) is 25.3 Å². The van der Waals surface area contributed by atoms with Crippen LogP contribution in [-0.4, -0.2) is 41.1 Å². The maximum absolute atomic E-state index is 14.4. The number of benzene rings is 3. The minimum Gasteiger partial charge on any atom is -0.373 e. The number of nitrogens with zero attached hydrogens (tertiary/aromatic N) is 4. The van der Waals surface area contributed by atoms with Crippen LogP contribution >= 0.6 is 23.2 Å². The van der Waals surface area contributed by atoms with E-state index in [9.17, 15) is 9.59 Å². The molecule has 0 aliphatic carbocycles. The molecule has 0 saturated carbocycles. The zero-order chi connectivity index (χ0) is 29.4. The highest BCUT2D eigenvalue weighted by molar-refractivity contribution is 6.37. The molecular weight excluding hydrogens is 555 g/mol. The maximum Gasteiger partial charge on any atom is 0.274 e. The third-order valence-corrected chi connectivity index (χ3v) is 8.33. The number of rotatable bonds is 5. The molecule has 1 aliphatic heterocycles. The summed E-state index contributed by atoms with van der Waals surface area (Å²) < 4.78 is 1.64. The van der Waals surface area contributed by atoms with E-state index in [0.717, 1.165) is 16.8 Å². The Labute approximate surface area is 249 Å². The summed E-state index contributed by atoms with van der Waals surface area (Å²) in [6.45, 7) is 19.2. The number of carbonyl (C=O) groups is 1. The van der Waals surface area contributed by atoms with Crippen LogP contribution in [0.2, 0.25) is 10.0 Å². The summed E-state index contributed by atoms with van der Waals surface area (Å²) in [6.07, 6.45) is 1.31. The van der Waals surface area contributed by atoms with Crippen LogP contribution in [0.3, 0.4) is 0 Å². The van der Waals surface area contributed by atoms with Crippen molar-refractivity contribution in [2.45, 2.75) is 32.7 Å². The first-order chi connectivity index (χ1) is 19.7. The molecule has 1 amide bonds. The SMILES string of the molecule is [C-]#[N+]c1c(N2CCN(C(=O)C=C)C[C@@H]2C)c2cc(Cl)c(-c3ccccc3Cl)cc2n(-c2ccccc2C(C)C)c1=O. The Hall–Kier alpha value is -4.05. The standard InChI is InChI=1S/C33H30Cl2N4O2/c1-6-30(40)37-15-16-38(21(4)19-37)32-25-17-27(35)24(23-12-7-9-13-26(23)34)18-29(25)39(33(41)31(32)36-5)28-14-10-8-11-22(28)20(2)3/h6-14,17-18,20-21H,1,15-16,19H2,2-4H3/t21-/m0/s1. The number of fused-ring (bicyclic) bond motifs is 1. The Kier molecular flexibility index (Phi) is 7.95. The molecule has 1 aliphatic rings. The smallest absolute Gasteiger partial charge is 0.274 e. The Morgan fingerprint density at radius 2 is 1.76 bits per heavy atom. The van der Waals surface area contributed by atoms with Crippen molar-refractivity contribution < 1.29 is 4.79 Å². The van der Waals surface area contributed by atoms with Gasteiger partial charge in [-0.2, -0.15) is 0 Å². The highest BCUT2D eigenvalue weighted by Gasteiger charge is 2.31. The third-order valence-electron chi connectivity index (χ3n) is 7.69. The summed E-state index contributed by atoms with van der Waals surface area (Å²) in [5.41, 5.74) is 3.92. The Morgan fingerprint density at radius 1 is 1.05 bits per heavy atom. The summed E-state index contributed by atoms with van der Waals surface area (Å²) in [6, 6.07) is 18.8. The average Bonchev–Trinajstić information content (AvgIpc) is 2.96. The second kappa shape index (κ2) is 11.4. The molecule has 8 heteroatoms. The molecule has 208 valence electrons. The van der Waals surface area contributed by atoms with E-state index in [1.807, 2.05) is 66.4 Å². The van der Waals surface area contributed by atoms with Crippen LogP contribution in [-0.2, 0) is 4.79 Å². The fraction of sp³-hybridized carbons (Fsp3) is 0.242. The maximum atomic E-state index is 14.4. The minimum atomic E-state index is -0.403. The largest absolute Gasteiger partial charge is 0.373 e. The van der Waals surface area contributed by atoms with Crippen LogP contribution in [0.5, 0.6) is 0 Å². The van der Waals surface area contributed by atoms with Crippen molar-refractivity contribution in [3.05, 3.63) is 111 Å². The first kappa shape index (κ1) is 28.5. The highest BCUT2D eigenvalue weighted by atomic mass is 35.5. The first-order valence-corrected chi connectivity index (χ1v) is 14.2. The van der Waals surface area contributed by atoms with Crippen molar-refractivity contribution in [1.29, 1.82) is 0 Å². The summed E-state index contributed by atoms with van der Waals surface area (Å²) in [7, 11) is 0. The van der Waals surface area contributed by atoms with Gasteiger partial charge in [0.2, 0.25) is 5.91 Å². The third kappa shape index (κ3) is 5.01. The molecule has 1 aromatic heterocycles. The molecule has 3 aromatic carbocycles. The molecule has 1 saturated heterocycles. The lowest BCUT2D eigenvalue weighted by atomic mass is 9.98. The van der Waals surface area contributed by atoms with E-state index in [0.29, 0.717) is 51.8 Å². The van der Waals surface area contributed by atoms with Gasteiger partial charge in [-0.05, 0) is 48.7 Å². The zero-order valence-corrected chi connectivity index (χ0v) is 24.7. The highest BCUT2D eigenvalue weighted by Crippen LogP contribution is 2.43. The van der Waals surface area contributed by atoms with Crippen LogP contribution in [0.1, 0.15) is 32.3 Å². The van der Waals surface area contributed by atoms with E-state index in [-0.39, 0.29) is 23.6 Å². The topological polar surface area (TPSA) is 49.9 Å². The van der Waals surface area contributed by atoms with E-state index in [4.69, 9.17) is 29.8 Å². The molecule has 1 atom stereocenters. The lowest BCUT2D eigenvalue weighted by Gasteiger charge is -2.42. The van der Waals surface area contributed by atoms with Gasteiger partial charge in [0.05, 0.1) is 23.5 Å². The molecule has 0 unspecified atom stereocenters. The molecule has 2 heterocycles. The molecule has 0 spiro atoms. The van der Waals surface area contributed by atoms with Gasteiger partial charge >= 0.3 is 0 Å². The van der Waals surface area contributed by atoms with Crippen molar-refractivity contribution in [1.82, 2.24) is 9.47 Å². The van der Waals surface area contributed by atoms with Crippen LogP contribution in [0.4, 0.5) is 11.4 Å². The number of piperazine rings is 1. The van der Waals surface area contributed by atoms with E-state index < -0.39 is 5.56 Å². The summed E-state index contributed by atoms with van der Waals surface area (Å²) in [5.74, 6) is -0.00468. The molecule has 0 N–H and O–H groups in total. The number of halogens is 2. The Morgan fingerprint density at radius 3 is 2.41 bits per heavy atom. The molecule has 0 radical (unpaired) electrons. The van der Waals surface area contributed by atoms with Crippen LogP contribution in [0.15, 0.2) is 78.1 Å². The van der Waals surface area contributed by atoms with Gasteiger partial charge in [0.25, 0.3) is 11.2 Å². The van der Waals surface area contributed by atoms with Gasteiger partial charge in [-0.25, -0.2) is 4.85 Å². The number of pyridine rings is 1. The fourth-order valence-corrected chi connectivity index (χ4v) is 6.20. The molecule has 6 nitrogen and oxygen atoms in total. The number of hydrogen-bond acceptors (Lipinski definition) is 3. The van der Waals surface area contributed by atoms with Crippen molar-refractivity contribution in [2.24, 2.45) is 0 Å². The Bertz CT molecular complexity index is 1790. The number of hydrogen-bond donors (Lipinski definition) is 0. The van der Waals surface area contributed by atoms with Crippen molar-refractivity contribution in [3.8, 4) is 16.8 Å². The predicted molar refractivity (Wildman–Crippen MR) is 169 cm³/mol. The van der Waals surface area contributed by atoms with E-state index in [1.165, 1.54) is 6.08 Å². The number of amides is 1. The van der Waals surface area contributed by atoms with Gasteiger partial charge in [-0.1, -0.05) is 80.0 Å². The molecule has 1 fully saturated rings. The monoisotopic (exact) mass is 584 g/mol. The van der Waals surface area contributed by atoms with Gasteiger partial charge in [0.1, 0.15) is 0 Å². The molecular formula is C33H30Cl2N4O2. The average molecular weight is 586 g/mol. The minimum absolute atomic E-state index is 0.0213. The Balaban J connectivity index is 1.87. The molecule has 5 rings (SSSR count). The summed E-state index contributed by atoms with van der Waals surface area (Å²) in [5, 5.41) is 1.68. The second-order valence-corrected chi connectivity index (χ2v) is 11.3. The summed E-state index contributed by atoms with van der Waals surface area (Å²) >= 11 is 13.5. The summed E-state index contributed by atoms with van der Waals surface area (Å²) in [4.78, 5) is 34.3. The quantitative estimate of drug-likeness (QED) is 0.177. The van der Waals surface area contributed by atoms with Gasteiger partial charge in [-0.15, -0.1) is 0 Å². The van der Waals surface area contributed by atoms with Crippen molar-refractivity contribution in [3.63, 3.8) is 0 Å². The lowest BCUT2D eigenvalue weighted by molar-refractivity contribution is -0.126. The zero-order valence-electron chi connectivity index (χ0n) is 23.2. The van der Waals surface area contributed by atoms with Crippen LogP contribution in [0.25, 0.3) is 32.6 Å². The molecule has 4 aromatic rings. The lowest BCUT2D eigenvalue weighted by Crippen LogP contribution is -2.53. The van der Waals surface area contributed by atoms with Gasteiger partial charge < -0.3 is 9.80 Å². The number of aromatic nitrogens is 1. The second-order valence-electron chi connectivity index (χ2n) is 10.5. The van der Waals surface area contributed by atoms with Crippen molar-refractivity contribution in [2.75, 3.05) is 24.5 Å². The van der Waals surface area contributed by atoms with E-state index in [1.54, 1.807) is 15.5 Å². The van der Waals surface area contributed by atoms with Crippen LogP contribution in [0, 0.1) is 6.57 Å². The van der Waals surface area contributed by atoms with E-state index >= 15 is 0 Å². The number of anilines is 1. The first-order valence-electron chi connectivity index (χ1n) is 13.5. The van der Waals surface area contributed by atoms with Gasteiger partial charge in [0.15, 0.2) is 0 Å². The number of carbonyl (C=O) groups excluding carboxylic acids is 1. The number of para-hydroxylation sites is 1. The van der Waals surface area contributed by atoms with Crippen molar-refractivity contribution >= 4 is 51.4 Å². The van der Waals surface area contributed by atoms with Gasteiger partial charge in [-0.3, -0.25) is 14.2 Å².